The van der Waals surface area contributed by atoms with E-state index in [0.29, 0.717) is 0 Å². The van der Waals surface area contributed by atoms with Gasteiger partial charge in [0.15, 0.2) is 0 Å². The number of nitrogens with zero attached hydrogens (tertiary/aromatic N) is 12. The summed E-state index contributed by atoms with van der Waals surface area (Å²) in [4.78, 5) is 0. The third-order valence-electron chi connectivity index (χ3n) is 10.9. The maximum atomic E-state index is 2.26. The Hall–Kier alpha value is -7.08. The molecule has 0 spiro atoms. The van der Waals surface area contributed by atoms with Gasteiger partial charge in [0.1, 0.15) is 84.6 Å². The summed E-state index contributed by atoms with van der Waals surface area (Å²) in [5.74, 6) is 0. The first kappa shape index (κ1) is 41.1. The summed E-state index contributed by atoms with van der Waals surface area (Å²) in [5, 5.41) is 6.65. The van der Waals surface area contributed by atoms with E-state index >= 15 is 0 Å². The van der Waals surface area contributed by atoms with Crippen molar-refractivity contribution in [3.05, 3.63) is 179 Å². The zero-order valence-electron chi connectivity index (χ0n) is 37.2. The van der Waals surface area contributed by atoms with Gasteiger partial charge in [-0.2, -0.15) is 0 Å². The molecule has 6 heterocycles. The van der Waals surface area contributed by atoms with Gasteiger partial charge < -0.3 is 27.4 Å². The zero-order chi connectivity index (χ0) is 42.8. The van der Waals surface area contributed by atoms with E-state index < -0.39 is 0 Å². The average molecular weight is 805 g/mol. The van der Waals surface area contributed by atoms with E-state index in [9.17, 15) is 0 Å². The number of hydrogen-bond donors (Lipinski definition) is 0. The van der Waals surface area contributed by atoms with Gasteiger partial charge in [-0.1, -0.05) is 0 Å². The quantitative estimate of drug-likeness (QED) is 0.222. The van der Waals surface area contributed by atoms with Gasteiger partial charge in [-0.05, 0) is 0 Å². The summed E-state index contributed by atoms with van der Waals surface area (Å²) >= 11 is 0. The predicted octanol–water partition coefficient (Wildman–Crippen LogP) is 0.622. The maximum absolute atomic E-state index is 2.26. The predicted molar refractivity (Wildman–Crippen MR) is 245 cm³/mol. The van der Waals surface area contributed by atoms with Crippen LogP contribution in [0.3, 0.4) is 0 Å². The Morgan fingerprint density at radius 3 is 0.383 bits per heavy atom. The molecular weight excluding hydrogens is 745 g/mol. The normalized spacial score (nSPS) is 11.0. The van der Waals surface area contributed by atoms with Gasteiger partial charge in [0.25, 0.3) is 0 Å². The van der Waals surface area contributed by atoms with Gasteiger partial charge >= 0.3 is 0 Å². The first-order chi connectivity index (χ1) is 28.7. The lowest BCUT2D eigenvalue weighted by molar-refractivity contribution is 0.792. The van der Waals surface area contributed by atoms with Crippen molar-refractivity contribution in [1.82, 2.24) is 54.9 Å². The molecule has 6 aromatic heterocycles. The van der Waals surface area contributed by atoms with Crippen LogP contribution in [0.2, 0.25) is 0 Å². The lowest BCUT2D eigenvalue weighted by Gasteiger charge is -2.30. The van der Waals surface area contributed by atoms with E-state index in [-0.39, 0.29) is 0 Å². The molecule has 306 valence electrons. The van der Waals surface area contributed by atoms with Gasteiger partial charge in [0, 0.05) is 147 Å². The fourth-order valence-corrected chi connectivity index (χ4v) is 7.34. The van der Waals surface area contributed by atoms with Gasteiger partial charge in [0.05, 0.1) is 34.1 Å². The van der Waals surface area contributed by atoms with E-state index in [0.717, 1.165) is 66.3 Å². The summed E-state index contributed by atoms with van der Waals surface area (Å²) < 4.78 is 26.4. The molecule has 0 aliphatic heterocycles. The smallest absolute Gasteiger partial charge is 0.202 e. The molecule has 0 bridgehead atoms. The molecule has 0 N–H and O–H groups in total. The minimum Gasteiger partial charge on any atom is -0.320 e. The van der Waals surface area contributed by atoms with Crippen molar-refractivity contribution in [2.75, 3.05) is 84.6 Å². The highest BCUT2D eigenvalue weighted by molar-refractivity contribution is 5.88. The molecule has 60 heavy (non-hydrogen) atoms. The number of rotatable bonds is 6. The van der Waals surface area contributed by atoms with Crippen LogP contribution in [0.1, 0.15) is 0 Å². The second-order valence-electron chi connectivity index (χ2n) is 16.2. The van der Waals surface area contributed by atoms with Crippen molar-refractivity contribution in [3.8, 4) is 34.1 Å². The van der Waals surface area contributed by atoms with Crippen LogP contribution in [0.4, 0.5) is 0 Å². The molecule has 0 unspecified atom stereocenters. The third kappa shape index (κ3) is 8.13. The number of aromatic nitrogens is 6. The fraction of sp³-hybridized carbons (Fsp3) is 0.250. The number of pyridine rings is 6. The molecule has 12 heteroatoms. The molecule has 0 atom stereocenters. The van der Waals surface area contributed by atoms with Crippen molar-refractivity contribution < 1.29 is 0 Å². The first-order valence-electron chi connectivity index (χ1n) is 20.1. The molecule has 0 aliphatic carbocycles. The lowest BCUT2D eigenvalue weighted by Crippen LogP contribution is -2.26. The summed E-state index contributed by atoms with van der Waals surface area (Å²) in [6, 6.07) is 26.1. The second kappa shape index (κ2) is 17.0. The SMILES string of the molecule is C[N+](C)=c1ccn(-c2c(-n3ccc(=[N+](C)C)cc3)c(-n3ccc(=[N+](C)C)cc3)c(-n3ccc(=[N+](C)C)cc3)c(-n3ccc(=[N+](C)C)cc3)c2-n2ccc(=[N+](C)C)cc2)cc1. The minimum atomic E-state index is 0.984. The Morgan fingerprint density at radius 1 is 0.200 bits per heavy atom. The van der Waals surface area contributed by atoms with E-state index in [1.807, 2.05) is 0 Å². The Bertz CT molecular complexity index is 2520. The Morgan fingerprint density at radius 2 is 0.300 bits per heavy atom. The van der Waals surface area contributed by atoms with Crippen LogP contribution in [0, 0.1) is 0 Å². The van der Waals surface area contributed by atoms with Gasteiger partial charge in [-0.3, -0.25) is 0 Å². The fourth-order valence-electron chi connectivity index (χ4n) is 7.34. The monoisotopic (exact) mass is 805 g/mol. The van der Waals surface area contributed by atoms with Crippen LogP contribution in [0.15, 0.2) is 147 Å². The van der Waals surface area contributed by atoms with Crippen molar-refractivity contribution in [2.24, 2.45) is 0 Å². The highest BCUT2D eigenvalue weighted by atomic mass is 15.2. The highest BCUT2D eigenvalue weighted by Crippen LogP contribution is 2.42. The van der Waals surface area contributed by atoms with Crippen LogP contribution in [0.5, 0.6) is 0 Å². The summed E-state index contributed by atoms with van der Waals surface area (Å²) in [5.41, 5.74) is 5.91. The molecule has 0 amide bonds. The van der Waals surface area contributed by atoms with Crippen LogP contribution in [-0.4, -0.2) is 112 Å². The molecule has 12 nitrogen and oxygen atoms in total. The topological polar surface area (TPSA) is 47.6 Å². The molecule has 0 aliphatic rings. The molecular formula is C48H60N12+6. The largest absolute Gasteiger partial charge is 0.320 e. The summed E-state index contributed by atoms with van der Waals surface area (Å²) in [6.07, 6.45) is 26.1. The number of benzene rings is 1. The molecule has 7 aromatic rings. The standard InChI is InChI=1S/C48H60N12/c1-49(2)37-13-25-55(26-14-37)43-44(56-27-15-38(16-28-56)50(3)4)46(58-31-19-40(20-32-58)52(7)8)48(60-35-23-42(24-36-60)54(11)12)47(59-33-21-41(22-34-59)53(9)10)45(43)57-29-17-39(18-30-57)51(5)6/h13-36H,1-12H3/q+6. The second-order valence-corrected chi connectivity index (χ2v) is 16.2. The average Bonchev–Trinajstić information content (AvgIpc) is 3.25. The van der Waals surface area contributed by atoms with Gasteiger partial charge in [-0.15, -0.1) is 0 Å². The van der Waals surface area contributed by atoms with Crippen molar-refractivity contribution in [1.29, 1.82) is 0 Å². The minimum absolute atomic E-state index is 0.984. The van der Waals surface area contributed by atoms with Crippen molar-refractivity contribution >= 4 is 0 Å². The number of hydrogen-bond acceptors (Lipinski definition) is 0. The Kier molecular flexibility index (Phi) is 11.7. The van der Waals surface area contributed by atoms with Crippen molar-refractivity contribution in [3.63, 3.8) is 0 Å². The van der Waals surface area contributed by atoms with Gasteiger partial charge in [0.2, 0.25) is 32.1 Å². The van der Waals surface area contributed by atoms with E-state index in [1.165, 1.54) is 0 Å². The Labute approximate surface area is 351 Å². The molecule has 0 saturated carbocycles. The highest BCUT2D eigenvalue weighted by Gasteiger charge is 2.30. The lowest BCUT2D eigenvalue weighted by atomic mass is 10.0. The summed E-state index contributed by atoms with van der Waals surface area (Å²) in [7, 11) is 24.9. The van der Waals surface area contributed by atoms with Crippen LogP contribution in [-0.2, 0) is 0 Å². The summed E-state index contributed by atoms with van der Waals surface area (Å²) in [6.45, 7) is 0. The first-order valence-corrected chi connectivity index (χ1v) is 20.1. The molecule has 0 saturated heterocycles. The Balaban J connectivity index is 1.85. The zero-order valence-corrected chi connectivity index (χ0v) is 37.2. The molecule has 0 fully saturated rings. The maximum Gasteiger partial charge on any atom is 0.202 e. The van der Waals surface area contributed by atoms with Crippen LogP contribution >= 0.6 is 0 Å². The molecule has 0 radical (unpaired) electrons. The van der Waals surface area contributed by atoms with Gasteiger partial charge in [-0.25, -0.2) is 27.5 Å². The van der Waals surface area contributed by atoms with E-state index in [2.05, 4.69) is 287 Å². The third-order valence-corrected chi connectivity index (χ3v) is 10.9. The van der Waals surface area contributed by atoms with E-state index in [4.69, 9.17) is 0 Å². The van der Waals surface area contributed by atoms with E-state index in [1.54, 1.807) is 0 Å². The van der Waals surface area contributed by atoms with Crippen LogP contribution < -0.4 is 59.6 Å². The van der Waals surface area contributed by atoms with Crippen molar-refractivity contribution in [2.45, 2.75) is 0 Å². The molecule has 1 aromatic carbocycles. The molecule has 7 rings (SSSR count). The van der Waals surface area contributed by atoms with Crippen LogP contribution in [0.25, 0.3) is 34.1 Å².